The van der Waals surface area contributed by atoms with Crippen LogP contribution in [0.25, 0.3) is 0 Å². The van der Waals surface area contributed by atoms with Crippen molar-refractivity contribution < 1.29 is 22.8 Å². The molecule has 1 N–H and O–H groups in total. The normalized spacial score (nSPS) is 16.9. The lowest BCUT2D eigenvalue weighted by Crippen LogP contribution is -2.43. The minimum Gasteiger partial charge on any atom is -0.350 e. The van der Waals surface area contributed by atoms with E-state index in [1.165, 1.54) is 29.0 Å². The Morgan fingerprint density at radius 3 is 2.60 bits per heavy atom. The lowest BCUT2D eigenvalue weighted by molar-refractivity contribution is -0.137. The van der Waals surface area contributed by atoms with Crippen LogP contribution in [0.1, 0.15) is 22.5 Å². The Kier molecular flexibility index (Phi) is 5.94. The van der Waals surface area contributed by atoms with Gasteiger partial charge in [-0.05, 0) is 37.6 Å². The first-order chi connectivity index (χ1) is 14.0. The van der Waals surface area contributed by atoms with Crippen LogP contribution in [-0.4, -0.2) is 41.5 Å². The number of amides is 3. The van der Waals surface area contributed by atoms with Gasteiger partial charge in [0.2, 0.25) is 5.91 Å². The molecule has 6 nitrogen and oxygen atoms in total. The third-order valence-corrected chi connectivity index (χ3v) is 5.43. The zero-order valence-corrected chi connectivity index (χ0v) is 17.3. The van der Waals surface area contributed by atoms with Crippen LogP contribution in [0.4, 0.5) is 23.7 Å². The summed E-state index contributed by atoms with van der Waals surface area (Å²) in [5.74, 6) is -0.487. The molecular weight excluding hydrogens is 421 g/mol. The SMILES string of the molecule is Cc1ccc(N2C[C@@H](C(=O)NCc3cccc(C(F)(F)F)c3Cl)N(C)C2=O)c(C)n1. The summed E-state index contributed by atoms with van der Waals surface area (Å²) >= 11 is 5.87. The van der Waals surface area contributed by atoms with Gasteiger partial charge in [0, 0.05) is 19.3 Å². The number of aromatic nitrogens is 1. The number of nitrogens with zero attached hydrogens (tertiary/aromatic N) is 3. The highest BCUT2D eigenvalue weighted by molar-refractivity contribution is 6.32. The number of carbonyl (C=O) groups excluding carboxylic acids is 2. The summed E-state index contributed by atoms with van der Waals surface area (Å²) in [6, 6.07) is 5.91. The van der Waals surface area contributed by atoms with Crippen molar-refractivity contribution in [2.24, 2.45) is 0 Å². The average Bonchev–Trinajstić information content (AvgIpc) is 2.95. The van der Waals surface area contributed by atoms with Gasteiger partial charge in [0.15, 0.2) is 0 Å². The molecule has 2 heterocycles. The zero-order chi connectivity index (χ0) is 22.2. The maximum Gasteiger partial charge on any atom is 0.417 e. The number of alkyl halides is 3. The zero-order valence-electron chi connectivity index (χ0n) is 16.5. The monoisotopic (exact) mass is 440 g/mol. The molecule has 1 aliphatic heterocycles. The fourth-order valence-electron chi connectivity index (χ4n) is 3.36. The Balaban J connectivity index is 1.73. The lowest BCUT2D eigenvalue weighted by Gasteiger charge is -2.18. The van der Waals surface area contributed by atoms with E-state index in [2.05, 4.69) is 10.3 Å². The molecule has 1 aromatic carbocycles. The number of benzene rings is 1. The van der Waals surface area contributed by atoms with Gasteiger partial charge in [0.05, 0.1) is 28.5 Å². The largest absolute Gasteiger partial charge is 0.417 e. The van der Waals surface area contributed by atoms with Crippen molar-refractivity contribution in [3.63, 3.8) is 0 Å². The summed E-state index contributed by atoms with van der Waals surface area (Å²) in [5.41, 5.74) is 1.26. The Labute approximate surface area is 176 Å². The van der Waals surface area contributed by atoms with Crippen LogP contribution in [0.5, 0.6) is 0 Å². The van der Waals surface area contributed by atoms with Crippen molar-refractivity contribution in [3.05, 3.63) is 57.9 Å². The number of likely N-dealkylation sites (N-methyl/N-ethyl adjacent to an activating group) is 1. The van der Waals surface area contributed by atoms with Crippen LogP contribution in [0.2, 0.25) is 5.02 Å². The Morgan fingerprint density at radius 1 is 1.27 bits per heavy atom. The van der Waals surface area contributed by atoms with E-state index >= 15 is 0 Å². The smallest absolute Gasteiger partial charge is 0.350 e. The number of hydrogen-bond donors (Lipinski definition) is 1. The van der Waals surface area contributed by atoms with Gasteiger partial charge in [-0.2, -0.15) is 13.2 Å². The number of halogens is 4. The predicted molar refractivity (Wildman–Crippen MR) is 106 cm³/mol. The molecule has 0 saturated carbocycles. The second kappa shape index (κ2) is 8.14. The van der Waals surface area contributed by atoms with E-state index in [9.17, 15) is 22.8 Å². The van der Waals surface area contributed by atoms with E-state index in [4.69, 9.17) is 11.6 Å². The van der Waals surface area contributed by atoms with Crippen LogP contribution >= 0.6 is 11.6 Å². The minimum atomic E-state index is -4.59. The molecule has 0 spiro atoms. The summed E-state index contributed by atoms with van der Waals surface area (Å²) < 4.78 is 39.0. The number of aryl methyl sites for hydroxylation is 2. The van der Waals surface area contributed by atoms with Crippen LogP contribution < -0.4 is 10.2 Å². The van der Waals surface area contributed by atoms with Crippen LogP contribution in [0, 0.1) is 13.8 Å². The Morgan fingerprint density at radius 2 is 1.97 bits per heavy atom. The average molecular weight is 441 g/mol. The van der Waals surface area contributed by atoms with E-state index in [-0.39, 0.29) is 24.7 Å². The molecule has 0 radical (unpaired) electrons. The summed E-state index contributed by atoms with van der Waals surface area (Å²) in [6.45, 7) is 3.52. The highest BCUT2D eigenvalue weighted by Gasteiger charge is 2.40. The molecule has 0 unspecified atom stereocenters. The molecule has 3 amide bonds. The maximum absolute atomic E-state index is 13.0. The predicted octanol–water partition coefficient (Wildman–Crippen LogP) is 3.93. The topological polar surface area (TPSA) is 65.5 Å². The number of rotatable bonds is 4. The second-order valence-corrected chi connectivity index (χ2v) is 7.45. The highest BCUT2D eigenvalue weighted by Crippen LogP contribution is 2.36. The van der Waals surface area contributed by atoms with Gasteiger partial charge in [-0.25, -0.2) is 4.79 Å². The molecule has 160 valence electrons. The molecule has 0 bridgehead atoms. The summed E-state index contributed by atoms with van der Waals surface area (Å²) in [7, 11) is 1.50. The molecule has 1 aliphatic rings. The lowest BCUT2D eigenvalue weighted by atomic mass is 10.1. The molecule has 1 atom stereocenters. The first kappa shape index (κ1) is 21.9. The molecule has 1 saturated heterocycles. The first-order valence-electron chi connectivity index (χ1n) is 9.11. The van der Waals surface area contributed by atoms with Crippen molar-refractivity contribution in [2.45, 2.75) is 32.6 Å². The molecule has 3 rings (SSSR count). The Hall–Kier alpha value is -2.81. The number of anilines is 1. The van der Waals surface area contributed by atoms with Crippen molar-refractivity contribution in [3.8, 4) is 0 Å². The number of carbonyl (C=O) groups is 2. The van der Waals surface area contributed by atoms with Gasteiger partial charge in [-0.15, -0.1) is 0 Å². The number of pyridine rings is 1. The van der Waals surface area contributed by atoms with Crippen molar-refractivity contribution in [1.82, 2.24) is 15.2 Å². The molecule has 1 fully saturated rings. The number of urea groups is 1. The van der Waals surface area contributed by atoms with Crippen molar-refractivity contribution >= 4 is 29.2 Å². The molecule has 0 aliphatic carbocycles. The van der Waals surface area contributed by atoms with Gasteiger partial charge in [0.25, 0.3) is 0 Å². The van der Waals surface area contributed by atoms with E-state index in [0.29, 0.717) is 11.4 Å². The highest BCUT2D eigenvalue weighted by atomic mass is 35.5. The van der Waals surface area contributed by atoms with Crippen molar-refractivity contribution in [2.75, 3.05) is 18.5 Å². The number of hydrogen-bond acceptors (Lipinski definition) is 3. The number of nitrogens with one attached hydrogen (secondary N) is 1. The molecular formula is C20H20ClF3N4O2. The molecule has 2 aromatic rings. The van der Waals surface area contributed by atoms with Crippen LogP contribution in [0.15, 0.2) is 30.3 Å². The van der Waals surface area contributed by atoms with E-state index in [1.54, 1.807) is 19.1 Å². The molecule has 30 heavy (non-hydrogen) atoms. The minimum absolute atomic E-state index is 0.100. The summed E-state index contributed by atoms with van der Waals surface area (Å²) in [6.07, 6.45) is -4.59. The fourth-order valence-corrected chi connectivity index (χ4v) is 3.66. The summed E-state index contributed by atoms with van der Waals surface area (Å²) in [4.78, 5) is 32.4. The van der Waals surface area contributed by atoms with E-state index < -0.39 is 28.7 Å². The van der Waals surface area contributed by atoms with Crippen LogP contribution in [0.3, 0.4) is 0 Å². The second-order valence-electron chi connectivity index (χ2n) is 7.07. The van der Waals surface area contributed by atoms with Gasteiger partial charge in [-0.1, -0.05) is 23.7 Å². The third-order valence-electron chi connectivity index (χ3n) is 4.98. The molecule has 1 aromatic heterocycles. The quantitative estimate of drug-likeness (QED) is 0.783. The maximum atomic E-state index is 13.0. The standard InChI is InChI=1S/C20H20ClF3N4O2/c1-11-7-8-15(12(2)26-11)28-10-16(27(3)19(28)30)18(29)25-9-13-5-4-6-14(17(13)21)20(22,23)24/h4-8,16H,9-10H2,1-3H3,(H,25,29)/t16-/m0/s1. The van der Waals surface area contributed by atoms with Gasteiger partial charge in [-0.3, -0.25) is 14.7 Å². The first-order valence-corrected chi connectivity index (χ1v) is 9.49. The Bertz CT molecular complexity index is 997. The van der Waals surface area contributed by atoms with Gasteiger partial charge < -0.3 is 10.2 Å². The van der Waals surface area contributed by atoms with Gasteiger partial charge in [0.1, 0.15) is 6.04 Å². The van der Waals surface area contributed by atoms with Gasteiger partial charge >= 0.3 is 12.2 Å². The summed E-state index contributed by atoms with van der Waals surface area (Å²) in [5, 5.41) is 2.13. The van der Waals surface area contributed by atoms with E-state index in [1.807, 2.05) is 6.92 Å². The van der Waals surface area contributed by atoms with Crippen molar-refractivity contribution in [1.29, 1.82) is 0 Å². The molecule has 10 heteroatoms. The van der Waals surface area contributed by atoms with Crippen LogP contribution in [-0.2, 0) is 17.5 Å². The fraction of sp³-hybridized carbons (Fsp3) is 0.350. The third kappa shape index (κ3) is 4.21. The van der Waals surface area contributed by atoms with E-state index in [0.717, 1.165) is 11.8 Å².